The molecule has 1 heterocycles. The van der Waals surface area contributed by atoms with E-state index >= 15 is 0 Å². The first-order valence-corrected chi connectivity index (χ1v) is 7.35. The lowest BCUT2D eigenvalue weighted by Gasteiger charge is -2.37. The van der Waals surface area contributed by atoms with Crippen LogP contribution >= 0.6 is 12.2 Å². The molecule has 0 radical (unpaired) electrons. The molecule has 1 aliphatic heterocycles. The van der Waals surface area contributed by atoms with E-state index in [1.165, 1.54) is 19.2 Å². The van der Waals surface area contributed by atoms with Gasteiger partial charge in [0.1, 0.15) is 5.75 Å². The van der Waals surface area contributed by atoms with Crippen LogP contribution in [0.15, 0.2) is 18.2 Å². The Morgan fingerprint density at radius 1 is 1.45 bits per heavy atom. The topological polar surface area (TPSA) is 76.9 Å². The van der Waals surface area contributed by atoms with Crippen molar-refractivity contribution in [2.24, 2.45) is 0 Å². The summed E-state index contributed by atoms with van der Waals surface area (Å²) in [6.45, 7) is 5.40. The van der Waals surface area contributed by atoms with Crippen LogP contribution < -0.4 is 10.1 Å². The maximum atomic E-state index is 10.8. The third-order valence-corrected chi connectivity index (χ3v) is 3.70. The molecule has 1 fully saturated rings. The van der Waals surface area contributed by atoms with Gasteiger partial charge < -0.3 is 19.7 Å². The minimum Gasteiger partial charge on any atom is -0.494 e. The monoisotopic (exact) mass is 325 g/mol. The molecule has 0 aliphatic carbocycles. The number of nitrogens with zero attached hydrogens (tertiary/aromatic N) is 2. The molecular weight excluding hydrogens is 306 g/mol. The standard InChI is InChI=1S/C14H19N3O4S/c1-9-7-16(8-10(2)21-9)14(22)15-12-5-4-11(17(18)19)6-13(12)20-3/h4-6,9-10H,7-8H2,1-3H3,(H,15,22)/t9-,10-/m0/s1. The van der Waals surface area contributed by atoms with Crippen molar-refractivity contribution in [1.29, 1.82) is 0 Å². The molecule has 0 amide bonds. The Kier molecular flexibility index (Phi) is 5.15. The van der Waals surface area contributed by atoms with Crippen molar-refractivity contribution >= 4 is 28.7 Å². The van der Waals surface area contributed by atoms with Gasteiger partial charge in [-0.15, -0.1) is 0 Å². The predicted octanol–water partition coefficient (Wildman–Crippen LogP) is 2.41. The quantitative estimate of drug-likeness (QED) is 0.519. The zero-order valence-corrected chi connectivity index (χ0v) is 13.6. The van der Waals surface area contributed by atoms with Crippen LogP contribution in [0.2, 0.25) is 0 Å². The lowest BCUT2D eigenvalue weighted by Crippen LogP contribution is -2.49. The van der Waals surface area contributed by atoms with Crippen LogP contribution in [0.4, 0.5) is 11.4 Å². The van der Waals surface area contributed by atoms with E-state index in [-0.39, 0.29) is 17.9 Å². The second-order valence-corrected chi connectivity index (χ2v) is 5.62. The number of anilines is 1. The average molecular weight is 325 g/mol. The lowest BCUT2D eigenvalue weighted by molar-refractivity contribution is -0.384. The minimum atomic E-state index is -0.462. The van der Waals surface area contributed by atoms with Crippen molar-refractivity contribution in [3.05, 3.63) is 28.3 Å². The van der Waals surface area contributed by atoms with Crippen molar-refractivity contribution in [2.45, 2.75) is 26.1 Å². The molecule has 1 aromatic rings. The molecule has 0 unspecified atom stereocenters. The Bertz CT molecular complexity index is 571. The van der Waals surface area contributed by atoms with Gasteiger partial charge in [-0.1, -0.05) is 0 Å². The Labute approximate surface area is 134 Å². The van der Waals surface area contributed by atoms with Crippen LogP contribution in [0, 0.1) is 10.1 Å². The number of rotatable bonds is 3. The highest BCUT2D eigenvalue weighted by molar-refractivity contribution is 7.80. The highest BCUT2D eigenvalue weighted by Crippen LogP contribution is 2.29. The van der Waals surface area contributed by atoms with E-state index < -0.39 is 4.92 Å². The molecule has 1 N–H and O–H groups in total. The largest absolute Gasteiger partial charge is 0.494 e. The zero-order valence-electron chi connectivity index (χ0n) is 12.7. The summed E-state index contributed by atoms with van der Waals surface area (Å²) < 4.78 is 10.9. The number of nitrogens with one attached hydrogen (secondary N) is 1. The van der Waals surface area contributed by atoms with Gasteiger partial charge in [-0.05, 0) is 32.1 Å². The zero-order chi connectivity index (χ0) is 16.3. The number of hydrogen-bond acceptors (Lipinski definition) is 5. The van der Waals surface area contributed by atoms with Gasteiger partial charge in [0, 0.05) is 19.2 Å². The highest BCUT2D eigenvalue weighted by Gasteiger charge is 2.24. The van der Waals surface area contributed by atoms with E-state index in [1.807, 2.05) is 18.7 Å². The smallest absolute Gasteiger partial charge is 0.273 e. The van der Waals surface area contributed by atoms with Crippen molar-refractivity contribution in [2.75, 3.05) is 25.5 Å². The molecule has 1 saturated heterocycles. The second kappa shape index (κ2) is 6.89. The first-order chi connectivity index (χ1) is 10.4. The van der Waals surface area contributed by atoms with Crippen LogP contribution in [-0.4, -0.2) is 47.3 Å². The molecule has 0 spiro atoms. The number of ether oxygens (including phenoxy) is 2. The average Bonchev–Trinajstić information content (AvgIpc) is 2.46. The number of hydrogen-bond donors (Lipinski definition) is 1. The number of thiocarbonyl (C=S) groups is 1. The Morgan fingerprint density at radius 2 is 2.09 bits per heavy atom. The normalized spacial score (nSPS) is 21.3. The van der Waals surface area contributed by atoms with Crippen LogP contribution in [-0.2, 0) is 4.74 Å². The third-order valence-electron chi connectivity index (χ3n) is 3.34. The molecule has 2 rings (SSSR count). The fourth-order valence-electron chi connectivity index (χ4n) is 2.43. The summed E-state index contributed by atoms with van der Waals surface area (Å²) in [5.74, 6) is 0.380. The van der Waals surface area contributed by atoms with Crippen molar-refractivity contribution in [1.82, 2.24) is 4.90 Å². The van der Waals surface area contributed by atoms with Crippen molar-refractivity contribution < 1.29 is 14.4 Å². The molecular formula is C14H19N3O4S. The van der Waals surface area contributed by atoms with E-state index in [1.54, 1.807) is 6.07 Å². The summed E-state index contributed by atoms with van der Waals surface area (Å²) >= 11 is 5.42. The number of non-ortho nitro benzene ring substituents is 1. The van der Waals surface area contributed by atoms with E-state index in [2.05, 4.69) is 5.32 Å². The van der Waals surface area contributed by atoms with Gasteiger partial charge in [0.05, 0.1) is 36.0 Å². The summed E-state index contributed by atoms with van der Waals surface area (Å²) in [7, 11) is 1.46. The van der Waals surface area contributed by atoms with Crippen molar-refractivity contribution in [3.63, 3.8) is 0 Å². The number of nitro benzene ring substituents is 1. The van der Waals surface area contributed by atoms with Gasteiger partial charge >= 0.3 is 0 Å². The molecule has 0 saturated carbocycles. The first-order valence-electron chi connectivity index (χ1n) is 6.94. The highest BCUT2D eigenvalue weighted by atomic mass is 32.1. The summed E-state index contributed by atoms with van der Waals surface area (Å²) in [5.41, 5.74) is 0.576. The van der Waals surface area contributed by atoms with Crippen LogP contribution in [0.25, 0.3) is 0 Å². The SMILES string of the molecule is COc1cc([N+](=O)[O-])ccc1NC(=S)N1C[C@H](C)O[C@@H](C)C1. The predicted molar refractivity (Wildman–Crippen MR) is 87.5 cm³/mol. The van der Waals surface area contributed by atoms with E-state index in [0.29, 0.717) is 29.6 Å². The molecule has 7 nitrogen and oxygen atoms in total. The van der Waals surface area contributed by atoms with E-state index in [9.17, 15) is 10.1 Å². The van der Waals surface area contributed by atoms with Crippen LogP contribution in [0.5, 0.6) is 5.75 Å². The Morgan fingerprint density at radius 3 is 2.64 bits per heavy atom. The second-order valence-electron chi connectivity index (χ2n) is 5.23. The van der Waals surface area contributed by atoms with Gasteiger partial charge in [-0.3, -0.25) is 10.1 Å². The third kappa shape index (κ3) is 3.83. The van der Waals surface area contributed by atoms with Gasteiger partial charge in [0.15, 0.2) is 5.11 Å². The number of methoxy groups -OCH3 is 1. The van der Waals surface area contributed by atoms with Gasteiger partial charge in [0.25, 0.3) is 5.69 Å². The van der Waals surface area contributed by atoms with E-state index in [4.69, 9.17) is 21.7 Å². The van der Waals surface area contributed by atoms with Crippen molar-refractivity contribution in [3.8, 4) is 5.75 Å². The minimum absolute atomic E-state index is 0.0260. The Balaban J connectivity index is 2.12. The van der Waals surface area contributed by atoms with Gasteiger partial charge in [-0.2, -0.15) is 0 Å². The summed E-state index contributed by atoms with van der Waals surface area (Å²) in [4.78, 5) is 12.4. The number of nitro groups is 1. The summed E-state index contributed by atoms with van der Waals surface area (Å²) in [6, 6.07) is 4.38. The molecule has 0 aromatic heterocycles. The maximum Gasteiger partial charge on any atom is 0.273 e. The summed E-state index contributed by atoms with van der Waals surface area (Å²) in [6.07, 6.45) is 0.199. The van der Waals surface area contributed by atoms with Gasteiger partial charge in [-0.25, -0.2) is 0 Å². The lowest BCUT2D eigenvalue weighted by atomic mass is 10.2. The van der Waals surface area contributed by atoms with Crippen LogP contribution in [0.3, 0.4) is 0 Å². The fourth-order valence-corrected chi connectivity index (χ4v) is 2.69. The molecule has 0 bridgehead atoms. The number of morpholine rings is 1. The molecule has 22 heavy (non-hydrogen) atoms. The van der Waals surface area contributed by atoms with Gasteiger partial charge in [0.2, 0.25) is 0 Å². The van der Waals surface area contributed by atoms with E-state index in [0.717, 1.165) is 0 Å². The molecule has 2 atom stereocenters. The fraction of sp³-hybridized carbons (Fsp3) is 0.500. The maximum absolute atomic E-state index is 10.8. The first kappa shape index (κ1) is 16.4. The Hall–Kier alpha value is -1.93. The number of benzene rings is 1. The molecule has 120 valence electrons. The summed E-state index contributed by atoms with van der Waals surface area (Å²) in [5, 5.41) is 14.4. The van der Waals surface area contributed by atoms with Crippen LogP contribution in [0.1, 0.15) is 13.8 Å². The molecule has 8 heteroatoms. The molecule has 1 aliphatic rings. The molecule has 1 aromatic carbocycles.